The van der Waals surface area contributed by atoms with Crippen LogP contribution in [0.25, 0.3) is 61.3 Å². The van der Waals surface area contributed by atoms with Gasteiger partial charge in [0.05, 0.1) is 33.9 Å². The molecular formula is C44H33N3. The van der Waals surface area contributed by atoms with E-state index in [-0.39, 0.29) is 5.92 Å². The number of para-hydroxylation sites is 4. The van der Waals surface area contributed by atoms with Crippen molar-refractivity contribution in [2.75, 3.05) is 0 Å². The van der Waals surface area contributed by atoms with Crippen molar-refractivity contribution in [3.63, 3.8) is 0 Å². The van der Waals surface area contributed by atoms with E-state index in [0.717, 1.165) is 29.7 Å². The highest BCUT2D eigenvalue weighted by Gasteiger charge is 2.25. The summed E-state index contributed by atoms with van der Waals surface area (Å²) in [6.45, 7) is 2.34. The molecule has 0 radical (unpaired) electrons. The summed E-state index contributed by atoms with van der Waals surface area (Å²) in [4.78, 5) is 0. The zero-order valence-corrected chi connectivity index (χ0v) is 26.3. The minimum Gasteiger partial charge on any atom is -0.310 e. The Morgan fingerprint density at radius 1 is 0.660 bits per heavy atom. The first kappa shape index (κ1) is 27.5. The number of benzene rings is 5. The smallest absolute Gasteiger partial charge is 0.0991 e. The van der Waals surface area contributed by atoms with Gasteiger partial charge in [0.1, 0.15) is 0 Å². The van der Waals surface area contributed by atoms with Crippen molar-refractivity contribution in [1.29, 1.82) is 5.26 Å². The minimum atomic E-state index is 0.180. The lowest BCUT2D eigenvalue weighted by Gasteiger charge is -2.23. The zero-order valence-electron chi connectivity index (χ0n) is 26.3. The van der Waals surface area contributed by atoms with Crippen LogP contribution in [-0.4, -0.2) is 9.13 Å². The molecule has 0 spiro atoms. The van der Waals surface area contributed by atoms with Crippen molar-refractivity contribution in [3.8, 4) is 22.9 Å². The third-order valence-electron chi connectivity index (χ3n) is 10.1. The number of nitrogens with zero attached hydrogens (tertiary/aromatic N) is 3. The van der Waals surface area contributed by atoms with Crippen LogP contribution < -0.4 is 0 Å². The van der Waals surface area contributed by atoms with Gasteiger partial charge in [-0.1, -0.05) is 104 Å². The molecule has 0 bridgehead atoms. The number of aromatic nitrogens is 2. The van der Waals surface area contributed by atoms with E-state index >= 15 is 0 Å². The number of allylic oxidation sites excluding steroid dienone is 5. The standard InChI is InChI=1S/C44H33N3/c1-29-11-10-20-43-44(29)37-15-5-9-19-42(37)46(43)32-24-22-31(23-25-32)33-26-21-30(28-45)27-38(33)36-14-4-8-18-41(36)47-39-16-6-2-12-34(39)35-13-3-7-17-40(35)47/h2-10,12-22,24-27,29,31H,11,23H2,1H3. The molecule has 0 N–H and O–H groups in total. The molecule has 0 amide bonds. The molecule has 0 fully saturated rings. The third kappa shape index (κ3) is 4.26. The van der Waals surface area contributed by atoms with Gasteiger partial charge in [0.15, 0.2) is 0 Å². The summed E-state index contributed by atoms with van der Waals surface area (Å²) in [5, 5.41) is 13.8. The van der Waals surface area contributed by atoms with E-state index in [2.05, 4.69) is 162 Å². The molecule has 0 aliphatic heterocycles. The number of fused-ring (bicyclic) bond motifs is 6. The molecule has 2 aliphatic rings. The highest BCUT2D eigenvalue weighted by Crippen LogP contribution is 2.43. The molecule has 7 aromatic rings. The van der Waals surface area contributed by atoms with Gasteiger partial charge in [-0.25, -0.2) is 0 Å². The number of hydrogen-bond acceptors (Lipinski definition) is 1. The van der Waals surface area contributed by atoms with Crippen molar-refractivity contribution >= 4 is 44.5 Å². The fourth-order valence-electron chi connectivity index (χ4n) is 8.01. The molecule has 3 heteroatoms. The number of rotatable bonds is 4. The molecule has 9 rings (SSSR count). The van der Waals surface area contributed by atoms with E-state index in [9.17, 15) is 5.26 Å². The Morgan fingerprint density at radius 3 is 2.02 bits per heavy atom. The average Bonchev–Trinajstić information content (AvgIpc) is 3.65. The molecule has 3 nitrogen and oxygen atoms in total. The lowest BCUT2D eigenvalue weighted by molar-refractivity contribution is 0.773. The van der Waals surface area contributed by atoms with Gasteiger partial charge in [0, 0.05) is 39.0 Å². The molecular weight excluding hydrogens is 571 g/mol. The maximum absolute atomic E-state index is 10.0. The summed E-state index contributed by atoms with van der Waals surface area (Å²) in [6, 6.07) is 43.4. The highest BCUT2D eigenvalue weighted by atomic mass is 15.0. The Balaban J connectivity index is 1.17. The van der Waals surface area contributed by atoms with Crippen LogP contribution in [0.4, 0.5) is 0 Å². The van der Waals surface area contributed by atoms with E-state index in [1.165, 1.54) is 55.2 Å². The molecule has 2 atom stereocenters. The third-order valence-corrected chi connectivity index (χ3v) is 10.1. The Bertz CT molecular complexity index is 2450. The predicted octanol–water partition coefficient (Wildman–Crippen LogP) is 11.4. The van der Waals surface area contributed by atoms with Gasteiger partial charge in [-0.3, -0.25) is 0 Å². The lowest BCUT2D eigenvalue weighted by Crippen LogP contribution is -2.07. The van der Waals surface area contributed by atoms with Crippen LogP contribution in [0.15, 0.2) is 140 Å². The first-order chi connectivity index (χ1) is 23.2. The number of hydrogen-bond donors (Lipinski definition) is 0. The summed E-state index contributed by atoms with van der Waals surface area (Å²) >= 11 is 0. The molecule has 2 unspecified atom stereocenters. The fourth-order valence-corrected chi connectivity index (χ4v) is 8.01. The van der Waals surface area contributed by atoms with Gasteiger partial charge in [-0.2, -0.15) is 5.26 Å². The van der Waals surface area contributed by atoms with Crippen LogP contribution in [0.2, 0.25) is 0 Å². The van der Waals surface area contributed by atoms with Crippen molar-refractivity contribution < 1.29 is 0 Å². The van der Waals surface area contributed by atoms with Crippen LogP contribution in [0.1, 0.15) is 54.0 Å². The molecule has 47 heavy (non-hydrogen) atoms. The Labute approximate surface area is 274 Å². The second-order valence-corrected chi connectivity index (χ2v) is 12.8. The van der Waals surface area contributed by atoms with Gasteiger partial charge in [-0.05, 0) is 84.0 Å². The van der Waals surface area contributed by atoms with Crippen molar-refractivity contribution in [2.24, 2.45) is 0 Å². The van der Waals surface area contributed by atoms with E-state index in [1.54, 1.807) is 0 Å². The molecule has 224 valence electrons. The Hall–Kier alpha value is -5.85. The van der Waals surface area contributed by atoms with E-state index < -0.39 is 0 Å². The van der Waals surface area contributed by atoms with Crippen molar-refractivity contribution in [2.45, 2.75) is 31.6 Å². The summed E-state index contributed by atoms with van der Waals surface area (Å²) in [7, 11) is 0. The molecule has 2 heterocycles. The van der Waals surface area contributed by atoms with E-state index in [0.29, 0.717) is 11.5 Å². The van der Waals surface area contributed by atoms with Crippen LogP contribution >= 0.6 is 0 Å². The summed E-state index contributed by atoms with van der Waals surface area (Å²) in [5.41, 5.74) is 12.8. The second-order valence-electron chi connectivity index (χ2n) is 12.8. The first-order valence-electron chi connectivity index (χ1n) is 16.5. The summed E-state index contributed by atoms with van der Waals surface area (Å²) in [6.07, 6.45) is 13.6. The summed E-state index contributed by atoms with van der Waals surface area (Å²) in [5.74, 6) is 0.678. The Kier molecular flexibility index (Phi) is 6.37. The molecule has 2 aromatic heterocycles. The van der Waals surface area contributed by atoms with E-state index in [4.69, 9.17) is 0 Å². The largest absolute Gasteiger partial charge is 0.310 e. The van der Waals surface area contributed by atoms with Crippen molar-refractivity contribution in [3.05, 3.63) is 162 Å². The molecule has 0 saturated heterocycles. The van der Waals surface area contributed by atoms with Crippen LogP contribution in [0.3, 0.4) is 0 Å². The molecule has 2 aliphatic carbocycles. The maximum atomic E-state index is 10.0. The predicted molar refractivity (Wildman–Crippen MR) is 196 cm³/mol. The van der Waals surface area contributed by atoms with Gasteiger partial charge < -0.3 is 9.13 Å². The van der Waals surface area contributed by atoms with Crippen LogP contribution in [0.5, 0.6) is 0 Å². The normalized spacial score (nSPS) is 17.2. The first-order valence-corrected chi connectivity index (χ1v) is 16.5. The SMILES string of the molecule is CC1CC=Cc2c1c1ccccc1n2C1=CCC(c2ccc(C#N)cc2-c2ccccc2-n2c3ccccc3c3ccccc32)C=C1. The quantitative estimate of drug-likeness (QED) is 0.197. The zero-order chi connectivity index (χ0) is 31.5. The monoisotopic (exact) mass is 603 g/mol. The van der Waals surface area contributed by atoms with Crippen LogP contribution in [0, 0.1) is 11.3 Å². The second kappa shape index (κ2) is 10.9. The Morgan fingerprint density at radius 2 is 1.32 bits per heavy atom. The molecule has 0 saturated carbocycles. The fraction of sp³-hybridized carbons (Fsp3) is 0.114. The van der Waals surface area contributed by atoms with Gasteiger partial charge in [0.2, 0.25) is 0 Å². The maximum Gasteiger partial charge on any atom is 0.0991 e. The number of nitriles is 1. The van der Waals surface area contributed by atoms with Gasteiger partial charge in [-0.15, -0.1) is 0 Å². The minimum absolute atomic E-state index is 0.180. The molecule has 5 aromatic carbocycles. The average molecular weight is 604 g/mol. The van der Waals surface area contributed by atoms with Gasteiger partial charge >= 0.3 is 0 Å². The lowest BCUT2D eigenvalue weighted by atomic mass is 9.84. The highest BCUT2D eigenvalue weighted by molar-refractivity contribution is 6.09. The van der Waals surface area contributed by atoms with Crippen molar-refractivity contribution in [1.82, 2.24) is 9.13 Å². The summed E-state index contributed by atoms with van der Waals surface area (Å²) < 4.78 is 4.83. The van der Waals surface area contributed by atoms with E-state index in [1.807, 2.05) is 6.07 Å². The van der Waals surface area contributed by atoms with Crippen LogP contribution in [-0.2, 0) is 0 Å². The van der Waals surface area contributed by atoms with Gasteiger partial charge in [0.25, 0.3) is 0 Å². The topological polar surface area (TPSA) is 33.6 Å².